The fraction of sp³-hybridized carbons (Fsp3) is 0.588. The smallest absolute Gasteiger partial charge is 0.306 e. The molecule has 3 heteroatoms. The van der Waals surface area contributed by atoms with Crippen LogP contribution in [0.15, 0.2) is 18.2 Å². The summed E-state index contributed by atoms with van der Waals surface area (Å²) in [6.07, 6.45) is 3.35. The minimum absolute atomic E-state index is 0.148. The van der Waals surface area contributed by atoms with Crippen LogP contribution in [0.3, 0.4) is 0 Å². The van der Waals surface area contributed by atoms with Gasteiger partial charge in [0.05, 0.1) is 12.5 Å². The monoisotopic (exact) mass is 274 g/mol. The SMILES string of the molecule is CC1COc2ccc(C(C3CC3)C(C)C(=O)O)cc2C1. The Kier molecular flexibility index (Phi) is 3.45. The average Bonchev–Trinajstić information content (AvgIpc) is 3.23. The number of carboxylic acid groups (broad SMARTS) is 1. The number of hydrogen-bond acceptors (Lipinski definition) is 2. The molecule has 1 aromatic carbocycles. The molecular weight excluding hydrogens is 252 g/mol. The molecule has 0 spiro atoms. The van der Waals surface area contributed by atoms with Crippen molar-refractivity contribution < 1.29 is 14.6 Å². The summed E-state index contributed by atoms with van der Waals surface area (Å²) in [4.78, 5) is 11.4. The van der Waals surface area contributed by atoms with Crippen molar-refractivity contribution in [3.63, 3.8) is 0 Å². The van der Waals surface area contributed by atoms with Gasteiger partial charge in [-0.05, 0) is 54.2 Å². The molecule has 1 aromatic rings. The third kappa shape index (κ3) is 2.54. The first-order valence-corrected chi connectivity index (χ1v) is 7.54. The quantitative estimate of drug-likeness (QED) is 0.914. The van der Waals surface area contributed by atoms with E-state index in [2.05, 4.69) is 19.1 Å². The molecule has 1 aliphatic carbocycles. The average molecular weight is 274 g/mol. The molecule has 3 unspecified atom stereocenters. The highest BCUT2D eigenvalue weighted by molar-refractivity contribution is 5.71. The molecule has 0 radical (unpaired) electrons. The lowest BCUT2D eigenvalue weighted by atomic mass is 9.82. The Balaban J connectivity index is 1.91. The van der Waals surface area contributed by atoms with Gasteiger partial charge in [-0.1, -0.05) is 26.0 Å². The van der Waals surface area contributed by atoms with E-state index in [0.29, 0.717) is 11.8 Å². The molecule has 108 valence electrons. The lowest BCUT2D eigenvalue weighted by Gasteiger charge is -2.26. The maximum absolute atomic E-state index is 11.4. The van der Waals surface area contributed by atoms with E-state index in [1.165, 1.54) is 11.1 Å². The van der Waals surface area contributed by atoms with E-state index in [0.717, 1.165) is 31.6 Å². The van der Waals surface area contributed by atoms with Crippen LogP contribution >= 0.6 is 0 Å². The highest BCUT2D eigenvalue weighted by Crippen LogP contribution is 2.47. The van der Waals surface area contributed by atoms with Gasteiger partial charge >= 0.3 is 5.97 Å². The molecular formula is C17H22O3. The zero-order valence-electron chi connectivity index (χ0n) is 12.1. The van der Waals surface area contributed by atoms with Gasteiger partial charge in [0, 0.05) is 0 Å². The van der Waals surface area contributed by atoms with Crippen molar-refractivity contribution in [2.24, 2.45) is 17.8 Å². The summed E-state index contributed by atoms with van der Waals surface area (Å²) in [5.41, 5.74) is 2.42. The molecule has 1 fully saturated rings. The summed E-state index contributed by atoms with van der Waals surface area (Å²) in [7, 11) is 0. The highest BCUT2D eigenvalue weighted by Gasteiger charge is 2.38. The maximum atomic E-state index is 11.4. The second kappa shape index (κ2) is 5.12. The number of carbonyl (C=O) groups is 1. The Morgan fingerprint density at radius 2 is 2.15 bits per heavy atom. The summed E-state index contributed by atoms with van der Waals surface area (Å²) in [6.45, 7) is 4.81. The molecule has 20 heavy (non-hydrogen) atoms. The van der Waals surface area contributed by atoms with Gasteiger partial charge in [-0.2, -0.15) is 0 Å². The molecule has 0 saturated heterocycles. The van der Waals surface area contributed by atoms with Gasteiger partial charge in [-0.15, -0.1) is 0 Å². The topological polar surface area (TPSA) is 46.5 Å². The number of benzene rings is 1. The molecule has 0 amide bonds. The van der Waals surface area contributed by atoms with Gasteiger partial charge in [0.1, 0.15) is 5.75 Å². The van der Waals surface area contributed by atoms with Crippen LogP contribution in [0.2, 0.25) is 0 Å². The van der Waals surface area contributed by atoms with E-state index in [1.807, 2.05) is 13.0 Å². The number of carboxylic acids is 1. The van der Waals surface area contributed by atoms with Crippen LogP contribution in [-0.4, -0.2) is 17.7 Å². The van der Waals surface area contributed by atoms with Crippen molar-refractivity contribution >= 4 is 5.97 Å². The maximum Gasteiger partial charge on any atom is 0.306 e. The first-order chi connectivity index (χ1) is 9.56. The number of fused-ring (bicyclic) bond motifs is 1. The van der Waals surface area contributed by atoms with E-state index in [4.69, 9.17) is 4.74 Å². The number of ether oxygens (including phenoxy) is 1. The largest absolute Gasteiger partial charge is 0.493 e. The van der Waals surface area contributed by atoms with Crippen LogP contribution in [0.4, 0.5) is 0 Å². The standard InChI is InChI=1S/C17H22O3/c1-10-7-14-8-13(5-6-15(14)20-9-10)16(12-3-4-12)11(2)17(18)19/h5-6,8,10-12,16H,3-4,7,9H2,1-2H3,(H,18,19). The Morgan fingerprint density at radius 3 is 2.80 bits per heavy atom. The second-order valence-electron chi connectivity index (χ2n) is 6.48. The van der Waals surface area contributed by atoms with Crippen molar-refractivity contribution in [3.8, 4) is 5.75 Å². The lowest BCUT2D eigenvalue weighted by molar-refractivity contribution is -0.142. The van der Waals surface area contributed by atoms with Gasteiger partial charge < -0.3 is 9.84 Å². The Hall–Kier alpha value is -1.51. The van der Waals surface area contributed by atoms with E-state index in [-0.39, 0.29) is 11.8 Å². The van der Waals surface area contributed by atoms with Crippen LogP contribution in [-0.2, 0) is 11.2 Å². The summed E-state index contributed by atoms with van der Waals surface area (Å²) < 4.78 is 5.74. The van der Waals surface area contributed by atoms with Gasteiger partial charge in [0.2, 0.25) is 0 Å². The first-order valence-electron chi connectivity index (χ1n) is 7.54. The molecule has 1 heterocycles. The molecule has 2 aliphatic rings. The van der Waals surface area contributed by atoms with Crippen LogP contribution in [0, 0.1) is 17.8 Å². The predicted molar refractivity (Wildman–Crippen MR) is 77.1 cm³/mol. The highest BCUT2D eigenvalue weighted by atomic mass is 16.5. The predicted octanol–water partition coefficient (Wildman–Crippen LogP) is 3.47. The number of rotatable bonds is 4. The molecule has 0 bridgehead atoms. The zero-order chi connectivity index (χ0) is 14.3. The summed E-state index contributed by atoms with van der Waals surface area (Å²) in [6, 6.07) is 6.28. The summed E-state index contributed by atoms with van der Waals surface area (Å²) in [5, 5.41) is 9.35. The molecule has 1 N–H and O–H groups in total. The third-order valence-corrected chi connectivity index (χ3v) is 4.62. The molecule has 1 saturated carbocycles. The van der Waals surface area contributed by atoms with Crippen molar-refractivity contribution in [2.75, 3.05) is 6.61 Å². The van der Waals surface area contributed by atoms with E-state index < -0.39 is 5.97 Å². The molecule has 3 nitrogen and oxygen atoms in total. The summed E-state index contributed by atoms with van der Waals surface area (Å²) >= 11 is 0. The van der Waals surface area contributed by atoms with Crippen molar-refractivity contribution in [1.29, 1.82) is 0 Å². The minimum atomic E-state index is -0.691. The molecule has 3 atom stereocenters. The number of aliphatic carboxylic acids is 1. The van der Waals surface area contributed by atoms with E-state index in [1.54, 1.807) is 0 Å². The van der Waals surface area contributed by atoms with Crippen LogP contribution in [0.5, 0.6) is 5.75 Å². The van der Waals surface area contributed by atoms with Crippen molar-refractivity contribution in [1.82, 2.24) is 0 Å². The van der Waals surface area contributed by atoms with E-state index in [9.17, 15) is 9.90 Å². The fourth-order valence-corrected chi connectivity index (χ4v) is 3.35. The number of hydrogen-bond donors (Lipinski definition) is 1. The Morgan fingerprint density at radius 1 is 1.40 bits per heavy atom. The normalized spacial score (nSPS) is 24.4. The molecule has 0 aromatic heterocycles. The van der Waals surface area contributed by atoms with Crippen LogP contribution < -0.4 is 4.74 Å². The van der Waals surface area contributed by atoms with Crippen LogP contribution in [0.1, 0.15) is 43.7 Å². The second-order valence-corrected chi connectivity index (χ2v) is 6.48. The zero-order valence-corrected chi connectivity index (χ0v) is 12.1. The third-order valence-electron chi connectivity index (χ3n) is 4.62. The van der Waals surface area contributed by atoms with Crippen molar-refractivity contribution in [2.45, 2.75) is 39.0 Å². The lowest BCUT2D eigenvalue weighted by Crippen LogP contribution is -2.22. The molecule has 3 rings (SSSR count). The van der Waals surface area contributed by atoms with E-state index >= 15 is 0 Å². The summed E-state index contributed by atoms with van der Waals surface area (Å²) in [5.74, 6) is 1.20. The van der Waals surface area contributed by atoms with Gasteiger partial charge in [-0.25, -0.2) is 0 Å². The fourth-order valence-electron chi connectivity index (χ4n) is 3.35. The van der Waals surface area contributed by atoms with Gasteiger partial charge in [0.15, 0.2) is 0 Å². The van der Waals surface area contributed by atoms with Gasteiger partial charge in [-0.3, -0.25) is 4.79 Å². The first kappa shape index (κ1) is 13.5. The Bertz CT molecular complexity index is 519. The van der Waals surface area contributed by atoms with Crippen molar-refractivity contribution in [3.05, 3.63) is 29.3 Å². The Labute approximate surface area is 120 Å². The van der Waals surface area contributed by atoms with Crippen LogP contribution in [0.25, 0.3) is 0 Å². The van der Waals surface area contributed by atoms with Gasteiger partial charge in [0.25, 0.3) is 0 Å². The minimum Gasteiger partial charge on any atom is -0.493 e. The molecule has 1 aliphatic heterocycles.